The van der Waals surface area contributed by atoms with E-state index >= 15 is 0 Å². The van der Waals surface area contributed by atoms with Crippen LogP contribution in [0, 0.1) is 6.92 Å². The molecule has 6 nitrogen and oxygen atoms in total. The van der Waals surface area contributed by atoms with Crippen molar-refractivity contribution >= 4 is 18.4 Å². The summed E-state index contributed by atoms with van der Waals surface area (Å²) in [7, 11) is 0. The molecule has 0 unspecified atom stereocenters. The zero-order valence-electron chi connectivity index (χ0n) is 14.4. The van der Waals surface area contributed by atoms with E-state index < -0.39 is 0 Å². The van der Waals surface area contributed by atoms with Crippen molar-refractivity contribution in [3.63, 3.8) is 0 Å². The summed E-state index contributed by atoms with van der Waals surface area (Å²) in [4.78, 5) is 16.7. The Morgan fingerprint density at radius 2 is 2.04 bits per heavy atom. The number of aromatic nitrogens is 1. The first-order valence-corrected chi connectivity index (χ1v) is 7.64. The third-order valence-electron chi connectivity index (χ3n) is 3.91. The van der Waals surface area contributed by atoms with Crippen LogP contribution in [-0.4, -0.2) is 23.3 Å². The molecule has 0 radical (unpaired) electrons. The Bertz CT molecular complexity index is 689. The smallest absolute Gasteiger partial charge is 0.257 e. The van der Waals surface area contributed by atoms with Gasteiger partial charge in [-0.25, -0.2) is 4.99 Å². The van der Waals surface area contributed by atoms with Crippen LogP contribution in [0.5, 0.6) is 0 Å². The lowest BCUT2D eigenvalue weighted by Gasteiger charge is -2.18. The summed E-state index contributed by atoms with van der Waals surface area (Å²) in [6.45, 7) is 13.2. The van der Waals surface area contributed by atoms with Gasteiger partial charge in [0.15, 0.2) is 5.82 Å². The van der Waals surface area contributed by atoms with Crippen LogP contribution in [0.25, 0.3) is 0 Å². The fourth-order valence-electron chi connectivity index (χ4n) is 2.35. The number of anilines is 1. The van der Waals surface area contributed by atoms with E-state index in [0.717, 1.165) is 24.0 Å². The molecular weight excluding hydrogens is 292 g/mol. The summed E-state index contributed by atoms with van der Waals surface area (Å²) in [5, 5.41) is 9.93. The van der Waals surface area contributed by atoms with Gasteiger partial charge in [-0.15, -0.1) is 0 Å². The maximum atomic E-state index is 12.6. The second kappa shape index (κ2) is 6.40. The maximum absolute atomic E-state index is 12.6. The van der Waals surface area contributed by atoms with E-state index in [1.165, 1.54) is 0 Å². The molecule has 23 heavy (non-hydrogen) atoms. The van der Waals surface area contributed by atoms with Gasteiger partial charge < -0.3 is 15.2 Å². The van der Waals surface area contributed by atoms with Crippen molar-refractivity contribution in [3.05, 3.63) is 34.4 Å². The van der Waals surface area contributed by atoms with Crippen LogP contribution in [0.4, 0.5) is 5.82 Å². The van der Waals surface area contributed by atoms with E-state index in [0.29, 0.717) is 23.0 Å². The van der Waals surface area contributed by atoms with Crippen LogP contribution in [0.3, 0.4) is 0 Å². The van der Waals surface area contributed by atoms with Crippen LogP contribution >= 0.6 is 0 Å². The number of aliphatic imine (C=N–C) groups is 1. The Morgan fingerprint density at radius 3 is 2.48 bits per heavy atom. The Balaban J connectivity index is 2.27. The molecule has 1 aliphatic carbocycles. The van der Waals surface area contributed by atoms with Crippen molar-refractivity contribution in [2.75, 3.05) is 5.32 Å². The molecule has 1 saturated carbocycles. The van der Waals surface area contributed by atoms with Crippen LogP contribution in [0.2, 0.25) is 0 Å². The third-order valence-corrected chi connectivity index (χ3v) is 3.91. The third kappa shape index (κ3) is 4.09. The van der Waals surface area contributed by atoms with Crippen molar-refractivity contribution in [1.82, 2.24) is 10.5 Å². The molecule has 0 spiro atoms. The lowest BCUT2D eigenvalue weighted by atomic mass is 10.0. The monoisotopic (exact) mass is 316 g/mol. The highest BCUT2D eigenvalue weighted by molar-refractivity contribution is 6.07. The molecule has 1 fully saturated rings. The molecule has 0 aliphatic heterocycles. The van der Waals surface area contributed by atoms with Crippen LogP contribution in [0.1, 0.15) is 46.3 Å². The summed E-state index contributed by atoms with van der Waals surface area (Å²) >= 11 is 0. The number of hydrogen-bond donors (Lipinski definition) is 2. The van der Waals surface area contributed by atoms with Crippen LogP contribution in [-0.2, 0) is 4.79 Å². The molecule has 0 aromatic carbocycles. The van der Waals surface area contributed by atoms with Gasteiger partial charge in [0, 0.05) is 22.8 Å². The van der Waals surface area contributed by atoms with E-state index in [-0.39, 0.29) is 11.4 Å². The zero-order chi connectivity index (χ0) is 17.2. The van der Waals surface area contributed by atoms with Crippen molar-refractivity contribution < 1.29 is 9.32 Å². The molecule has 0 bridgehead atoms. The molecule has 124 valence electrons. The Hall–Kier alpha value is -2.37. The number of nitrogens with zero attached hydrogens (tertiary/aromatic N) is 2. The van der Waals surface area contributed by atoms with Crippen molar-refractivity contribution in [3.8, 4) is 0 Å². The van der Waals surface area contributed by atoms with E-state index in [2.05, 4.69) is 34.4 Å². The number of hydrogen-bond acceptors (Lipinski definition) is 5. The first-order valence-electron chi connectivity index (χ1n) is 7.64. The number of carbonyl (C=O) groups excluding carboxylic acids is 1. The fourth-order valence-corrected chi connectivity index (χ4v) is 2.35. The number of rotatable bonds is 6. The molecular formula is C17H24N4O2. The first kappa shape index (κ1) is 17.0. The molecule has 1 aromatic heterocycles. The van der Waals surface area contributed by atoms with Gasteiger partial charge in [0.25, 0.3) is 5.91 Å². The molecule has 1 amide bonds. The highest BCUT2D eigenvalue weighted by atomic mass is 16.5. The average molecular weight is 316 g/mol. The standard InChI is InChI=1S/C17H24N4O2/c1-10(2)14(16(22)19-13-9-11(3)23-21-13)12(4)15(18-6)20-17(5)7-8-17/h9,20H,6-8H2,1-5H3,(H,19,21,22)/b15-12-. The van der Waals surface area contributed by atoms with Gasteiger partial charge in [-0.1, -0.05) is 10.7 Å². The summed E-state index contributed by atoms with van der Waals surface area (Å²) in [5.41, 5.74) is 2.30. The second-order valence-electron chi connectivity index (χ2n) is 6.47. The second-order valence-corrected chi connectivity index (χ2v) is 6.47. The number of amides is 1. The average Bonchev–Trinajstić information content (AvgIpc) is 3.05. The molecule has 0 atom stereocenters. The predicted octanol–water partition coefficient (Wildman–Crippen LogP) is 3.33. The number of nitrogens with one attached hydrogen (secondary N) is 2. The summed E-state index contributed by atoms with van der Waals surface area (Å²) in [6.07, 6.45) is 2.18. The Labute approximate surface area is 136 Å². The normalized spacial score (nSPS) is 16.2. The molecule has 1 aromatic rings. The van der Waals surface area contributed by atoms with Gasteiger partial charge in [-0.05, 0) is 54.2 Å². The SMILES string of the molecule is C=N/C(NC1(C)CC1)=C(\C)C(C(=O)Nc1cc(C)on1)=C(C)C. The lowest BCUT2D eigenvalue weighted by Crippen LogP contribution is -2.28. The highest BCUT2D eigenvalue weighted by Crippen LogP contribution is 2.36. The number of carbonyl (C=O) groups is 1. The Kier molecular flexibility index (Phi) is 4.73. The van der Waals surface area contributed by atoms with E-state index in [4.69, 9.17) is 4.52 Å². The maximum Gasteiger partial charge on any atom is 0.257 e. The van der Waals surface area contributed by atoms with Gasteiger partial charge in [0.1, 0.15) is 11.6 Å². The van der Waals surface area contributed by atoms with Gasteiger partial charge in [0.2, 0.25) is 0 Å². The topological polar surface area (TPSA) is 79.5 Å². The molecule has 0 saturated heterocycles. The van der Waals surface area contributed by atoms with Gasteiger partial charge in [-0.2, -0.15) is 0 Å². The molecule has 2 N–H and O–H groups in total. The number of aryl methyl sites for hydroxylation is 1. The molecule has 6 heteroatoms. The fraction of sp³-hybridized carbons (Fsp3) is 0.471. The van der Waals surface area contributed by atoms with Crippen molar-refractivity contribution in [2.24, 2.45) is 4.99 Å². The van der Waals surface area contributed by atoms with Crippen molar-refractivity contribution in [2.45, 2.75) is 53.0 Å². The molecule has 1 heterocycles. The quantitative estimate of drug-likeness (QED) is 0.479. The summed E-state index contributed by atoms with van der Waals surface area (Å²) in [6, 6.07) is 1.68. The van der Waals surface area contributed by atoms with Crippen molar-refractivity contribution in [1.29, 1.82) is 0 Å². The first-order chi connectivity index (χ1) is 10.8. The van der Waals surface area contributed by atoms with E-state index in [1.54, 1.807) is 13.0 Å². The van der Waals surface area contributed by atoms with E-state index in [9.17, 15) is 4.79 Å². The number of allylic oxidation sites excluding steroid dienone is 1. The minimum absolute atomic E-state index is 0.0598. The minimum atomic E-state index is -0.236. The summed E-state index contributed by atoms with van der Waals surface area (Å²) in [5.74, 6) is 1.45. The summed E-state index contributed by atoms with van der Waals surface area (Å²) < 4.78 is 4.98. The highest BCUT2D eigenvalue weighted by Gasteiger charge is 2.38. The molecule has 1 aliphatic rings. The lowest BCUT2D eigenvalue weighted by molar-refractivity contribution is -0.112. The largest absolute Gasteiger partial charge is 0.365 e. The minimum Gasteiger partial charge on any atom is -0.365 e. The van der Waals surface area contributed by atoms with E-state index in [1.807, 2.05) is 20.8 Å². The molecule has 2 rings (SSSR count). The van der Waals surface area contributed by atoms with Gasteiger partial charge in [0.05, 0.1) is 0 Å². The van der Waals surface area contributed by atoms with Crippen LogP contribution < -0.4 is 10.6 Å². The van der Waals surface area contributed by atoms with Gasteiger partial charge in [-0.3, -0.25) is 4.79 Å². The Morgan fingerprint density at radius 1 is 1.39 bits per heavy atom. The van der Waals surface area contributed by atoms with Crippen LogP contribution in [0.15, 0.2) is 38.1 Å². The van der Waals surface area contributed by atoms with Gasteiger partial charge >= 0.3 is 0 Å². The zero-order valence-corrected chi connectivity index (χ0v) is 14.4. The predicted molar refractivity (Wildman–Crippen MR) is 91.3 cm³/mol.